The van der Waals surface area contributed by atoms with Crippen molar-refractivity contribution in [2.75, 3.05) is 26.8 Å². The Bertz CT molecular complexity index is 581. The SMILES string of the molecule is CCOCCN(C)S(=O)(=O)c1ccc(C#N)cc1Cl. The number of halogens is 1. The zero-order valence-corrected chi connectivity index (χ0v) is 12.3. The fourth-order valence-corrected chi connectivity index (χ4v) is 3.07. The lowest BCUT2D eigenvalue weighted by Crippen LogP contribution is -2.30. The van der Waals surface area contributed by atoms with Gasteiger partial charge in [-0.15, -0.1) is 0 Å². The van der Waals surface area contributed by atoms with Crippen molar-refractivity contribution in [1.82, 2.24) is 4.31 Å². The average Bonchev–Trinajstić information content (AvgIpc) is 2.38. The van der Waals surface area contributed by atoms with Crippen molar-refractivity contribution in [2.24, 2.45) is 0 Å². The molecule has 7 heteroatoms. The third kappa shape index (κ3) is 3.91. The van der Waals surface area contributed by atoms with Gasteiger partial charge in [-0.3, -0.25) is 0 Å². The highest BCUT2D eigenvalue weighted by atomic mass is 35.5. The minimum absolute atomic E-state index is 0.00725. The first-order valence-corrected chi connectivity index (χ1v) is 7.49. The maximum Gasteiger partial charge on any atom is 0.244 e. The van der Waals surface area contributed by atoms with Crippen LogP contribution in [0.3, 0.4) is 0 Å². The van der Waals surface area contributed by atoms with Gasteiger partial charge in [0.2, 0.25) is 10.0 Å². The lowest BCUT2D eigenvalue weighted by Gasteiger charge is -2.17. The normalized spacial score (nSPS) is 11.5. The Balaban J connectivity index is 2.97. The largest absolute Gasteiger partial charge is 0.380 e. The quantitative estimate of drug-likeness (QED) is 0.752. The minimum atomic E-state index is -3.66. The zero-order chi connectivity index (χ0) is 14.5. The number of rotatable bonds is 6. The van der Waals surface area contributed by atoms with Gasteiger partial charge >= 0.3 is 0 Å². The van der Waals surface area contributed by atoms with Crippen molar-refractivity contribution >= 4 is 21.6 Å². The van der Waals surface area contributed by atoms with Crippen LogP contribution in [0.1, 0.15) is 12.5 Å². The smallest absolute Gasteiger partial charge is 0.244 e. The van der Waals surface area contributed by atoms with E-state index < -0.39 is 10.0 Å². The van der Waals surface area contributed by atoms with E-state index in [1.807, 2.05) is 13.0 Å². The molecule has 0 atom stereocenters. The highest BCUT2D eigenvalue weighted by molar-refractivity contribution is 7.89. The van der Waals surface area contributed by atoms with Crippen LogP contribution >= 0.6 is 11.6 Å². The highest BCUT2D eigenvalue weighted by Gasteiger charge is 2.23. The Morgan fingerprint density at radius 2 is 2.16 bits per heavy atom. The summed E-state index contributed by atoms with van der Waals surface area (Å²) in [5, 5.41) is 8.77. The lowest BCUT2D eigenvalue weighted by molar-refractivity contribution is 0.138. The Hall–Kier alpha value is -1.13. The molecule has 0 aliphatic carbocycles. The van der Waals surface area contributed by atoms with Gasteiger partial charge in [0.15, 0.2) is 0 Å². The summed E-state index contributed by atoms with van der Waals surface area (Å²) in [6.45, 7) is 2.93. The molecule has 0 aromatic heterocycles. The lowest BCUT2D eigenvalue weighted by atomic mass is 10.2. The van der Waals surface area contributed by atoms with Crippen LogP contribution in [0.5, 0.6) is 0 Å². The van der Waals surface area contributed by atoms with Gasteiger partial charge in [0, 0.05) is 20.2 Å². The Morgan fingerprint density at radius 1 is 1.47 bits per heavy atom. The highest BCUT2D eigenvalue weighted by Crippen LogP contribution is 2.24. The number of nitrogens with zero attached hydrogens (tertiary/aromatic N) is 2. The second-order valence-corrected chi connectivity index (χ2v) is 6.20. The number of likely N-dealkylation sites (N-methyl/N-ethyl adjacent to an activating group) is 1. The van der Waals surface area contributed by atoms with Gasteiger partial charge in [-0.2, -0.15) is 9.57 Å². The minimum Gasteiger partial charge on any atom is -0.380 e. The van der Waals surface area contributed by atoms with Crippen LogP contribution in [-0.2, 0) is 14.8 Å². The van der Waals surface area contributed by atoms with Gasteiger partial charge in [-0.1, -0.05) is 11.6 Å². The van der Waals surface area contributed by atoms with Gasteiger partial charge in [0.05, 0.1) is 23.3 Å². The fraction of sp³-hybridized carbons (Fsp3) is 0.417. The Kier molecular flexibility index (Phi) is 5.76. The average molecular weight is 303 g/mol. The van der Waals surface area contributed by atoms with E-state index in [1.165, 1.54) is 29.6 Å². The van der Waals surface area contributed by atoms with Crippen molar-refractivity contribution < 1.29 is 13.2 Å². The van der Waals surface area contributed by atoms with E-state index >= 15 is 0 Å². The molecule has 0 aliphatic heterocycles. The fourth-order valence-electron chi connectivity index (χ4n) is 1.41. The molecule has 0 radical (unpaired) electrons. The molecule has 19 heavy (non-hydrogen) atoms. The van der Waals surface area contributed by atoms with Crippen LogP contribution in [0.2, 0.25) is 5.02 Å². The molecule has 0 amide bonds. The summed E-state index contributed by atoms with van der Waals surface area (Å²) >= 11 is 5.91. The first kappa shape index (κ1) is 15.9. The molecule has 1 rings (SSSR count). The van der Waals surface area contributed by atoms with Crippen molar-refractivity contribution in [1.29, 1.82) is 5.26 Å². The molecule has 0 fully saturated rings. The molecule has 104 valence electrons. The molecule has 5 nitrogen and oxygen atoms in total. The van der Waals surface area contributed by atoms with Crippen molar-refractivity contribution in [3.8, 4) is 6.07 Å². The van der Waals surface area contributed by atoms with Gasteiger partial charge in [-0.25, -0.2) is 8.42 Å². The summed E-state index contributed by atoms with van der Waals surface area (Å²) in [5.74, 6) is 0. The van der Waals surface area contributed by atoms with Crippen LogP contribution in [0.25, 0.3) is 0 Å². The topological polar surface area (TPSA) is 70.4 Å². The van der Waals surface area contributed by atoms with Crippen LogP contribution < -0.4 is 0 Å². The molecule has 0 aliphatic rings. The summed E-state index contributed by atoms with van der Waals surface area (Å²) < 4.78 is 30.8. The second kappa shape index (κ2) is 6.87. The summed E-state index contributed by atoms with van der Waals surface area (Å²) in [6.07, 6.45) is 0. The summed E-state index contributed by atoms with van der Waals surface area (Å²) in [4.78, 5) is -0.00725. The van der Waals surface area contributed by atoms with E-state index in [2.05, 4.69) is 0 Å². The van der Waals surface area contributed by atoms with E-state index in [1.54, 1.807) is 0 Å². The number of hydrogen-bond donors (Lipinski definition) is 0. The molecule has 1 aromatic carbocycles. The molecule has 0 heterocycles. The van der Waals surface area contributed by atoms with Gasteiger partial charge in [0.1, 0.15) is 4.90 Å². The third-order valence-electron chi connectivity index (χ3n) is 2.50. The van der Waals surface area contributed by atoms with Gasteiger partial charge in [0.25, 0.3) is 0 Å². The third-order valence-corrected chi connectivity index (χ3v) is 4.84. The van der Waals surface area contributed by atoms with E-state index in [4.69, 9.17) is 21.6 Å². The summed E-state index contributed by atoms with van der Waals surface area (Å²) in [6, 6.07) is 6.01. The summed E-state index contributed by atoms with van der Waals surface area (Å²) in [7, 11) is -2.20. The van der Waals surface area contributed by atoms with E-state index in [9.17, 15) is 8.42 Å². The van der Waals surface area contributed by atoms with E-state index in [-0.39, 0.29) is 16.5 Å². The zero-order valence-electron chi connectivity index (χ0n) is 10.8. The Labute approximate surface area is 118 Å². The molecule has 0 spiro atoms. The molecular weight excluding hydrogens is 288 g/mol. The number of sulfonamides is 1. The molecule has 1 aromatic rings. The van der Waals surface area contributed by atoms with Crippen molar-refractivity contribution in [3.05, 3.63) is 28.8 Å². The monoisotopic (exact) mass is 302 g/mol. The van der Waals surface area contributed by atoms with E-state index in [0.29, 0.717) is 18.8 Å². The summed E-state index contributed by atoms with van der Waals surface area (Å²) in [5.41, 5.74) is 0.320. The maximum absolute atomic E-state index is 12.2. The van der Waals surface area contributed by atoms with Crippen LogP contribution in [0.15, 0.2) is 23.1 Å². The van der Waals surface area contributed by atoms with Crippen molar-refractivity contribution in [3.63, 3.8) is 0 Å². The number of ether oxygens (including phenoxy) is 1. The molecular formula is C12H15ClN2O3S. The second-order valence-electron chi connectivity index (χ2n) is 3.78. The first-order valence-electron chi connectivity index (χ1n) is 5.67. The van der Waals surface area contributed by atoms with Crippen molar-refractivity contribution in [2.45, 2.75) is 11.8 Å². The Morgan fingerprint density at radius 3 is 2.68 bits per heavy atom. The first-order chi connectivity index (χ1) is 8.93. The number of benzene rings is 1. The molecule has 0 saturated heterocycles. The molecule has 0 bridgehead atoms. The predicted octanol–water partition coefficient (Wildman–Crippen LogP) is 1.87. The molecule has 0 N–H and O–H groups in total. The number of hydrogen-bond acceptors (Lipinski definition) is 4. The predicted molar refractivity (Wildman–Crippen MR) is 72.5 cm³/mol. The van der Waals surface area contributed by atoms with Gasteiger partial charge in [-0.05, 0) is 25.1 Å². The maximum atomic E-state index is 12.2. The molecule has 0 unspecified atom stereocenters. The van der Waals surface area contributed by atoms with Gasteiger partial charge < -0.3 is 4.74 Å². The van der Waals surface area contributed by atoms with Crippen LogP contribution in [0.4, 0.5) is 0 Å². The van der Waals surface area contributed by atoms with Crippen LogP contribution in [0, 0.1) is 11.3 Å². The van der Waals surface area contributed by atoms with E-state index in [0.717, 1.165) is 0 Å². The standard InChI is InChI=1S/C12H15ClN2O3S/c1-3-18-7-6-15(2)19(16,17)12-5-4-10(9-14)8-11(12)13/h4-5,8H,3,6-7H2,1-2H3. The van der Waals surface area contributed by atoms with Crippen LogP contribution in [-0.4, -0.2) is 39.5 Å². The number of nitriles is 1. The molecule has 0 saturated carbocycles.